The number of hydrogen-bond donors (Lipinski definition) is 2. The number of H-pyrrole nitrogens is 1. The second kappa shape index (κ2) is 4.65. The van der Waals surface area contributed by atoms with E-state index in [9.17, 15) is 4.79 Å². The SMILES string of the molecule is CC(N)C1CCN(C(=O)c2cn[nH]c2)CC1. The van der Waals surface area contributed by atoms with E-state index < -0.39 is 0 Å². The lowest BCUT2D eigenvalue weighted by molar-refractivity contribution is 0.0681. The quantitative estimate of drug-likeness (QED) is 0.769. The fourth-order valence-corrected chi connectivity index (χ4v) is 2.18. The number of piperidine rings is 1. The van der Waals surface area contributed by atoms with Crippen molar-refractivity contribution in [2.75, 3.05) is 13.1 Å². The molecule has 0 radical (unpaired) electrons. The summed E-state index contributed by atoms with van der Waals surface area (Å²) in [4.78, 5) is 13.9. The Bertz CT molecular complexity index is 339. The van der Waals surface area contributed by atoms with E-state index in [1.165, 1.54) is 0 Å². The zero-order chi connectivity index (χ0) is 11.5. The number of nitrogens with two attached hydrogens (primary N) is 1. The topological polar surface area (TPSA) is 75.0 Å². The van der Waals surface area contributed by atoms with Gasteiger partial charge in [0.15, 0.2) is 0 Å². The molecule has 1 aliphatic rings. The first-order valence-corrected chi connectivity index (χ1v) is 5.72. The van der Waals surface area contributed by atoms with E-state index in [0.717, 1.165) is 25.9 Å². The molecule has 0 bridgehead atoms. The fraction of sp³-hybridized carbons (Fsp3) is 0.636. The van der Waals surface area contributed by atoms with Gasteiger partial charge in [0, 0.05) is 25.3 Å². The van der Waals surface area contributed by atoms with Crippen molar-refractivity contribution < 1.29 is 4.79 Å². The molecule has 3 N–H and O–H groups in total. The number of hydrogen-bond acceptors (Lipinski definition) is 3. The molecule has 5 heteroatoms. The molecule has 2 heterocycles. The Hall–Kier alpha value is -1.36. The summed E-state index contributed by atoms with van der Waals surface area (Å²) in [5.41, 5.74) is 6.50. The average Bonchev–Trinajstić information content (AvgIpc) is 2.81. The van der Waals surface area contributed by atoms with Crippen molar-refractivity contribution in [2.45, 2.75) is 25.8 Å². The van der Waals surface area contributed by atoms with Gasteiger partial charge in [0.2, 0.25) is 0 Å². The standard InChI is InChI=1S/C11H18N4O/c1-8(12)9-2-4-15(5-3-9)11(16)10-6-13-14-7-10/h6-9H,2-5,12H2,1H3,(H,13,14). The number of carbonyl (C=O) groups excluding carboxylic acids is 1. The highest BCUT2D eigenvalue weighted by Crippen LogP contribution is 2.20. The van der Waals surface area contributed by atoms with Crippen LogP contribution in [0.2, 0.25) is 0 Å². The van der Waals surface area contributed by atoms with Crippen LogP contribution < -0.4 is 5.73 Å². The first kappa shape index (κ1) is 11.1. The maximum atomic E-state index is 12.0. The molecule has 0 spiro atoms. The van der Waals surface area contributed by atoms with Crippen molar-refractivity contribution in [1.29, 1.82) is 0 Å². The predicted octanol–water partition coefficient (Wildman–Crippen LogP) is 0.609. The molecule has 1 atom stereocenters. The number of aromatic nitrogens is 2. The number of aromatic amines is 1. The van der Waals surface area contributed by atoms with Gasteiger partial charge in [0.25, 0.3) is 5.91 Å². The summed E-state index contributed by atoms with van der Waals surface area (Å²) in [5.74, 6) is 0.616. The summed E-state index contributed by atoms with van der Waals surface area (Å²) in [7, 11) is 0. The Labute approximate surface area is 95.0 Å². The van der Waals surface area contributed by atoms with E-state index in [1.807, 2.05) is 11.8 Å². The number of likely N-dealkylation sites (tertiary alicyclic amines) is 1. The van der Waals surface area contributed by atoms with E-state index in [0.29, 0.717) is 11.5 Å². The lowest BCUT2D eigenvalue weighted by Crippen LogP contribution is -2.42. The van der Waals surface area contributed by atoms with Gasteiger partial charge in [0.05, 0.1) is 11.8 Å². The van der Waals surface area contributed by atoms with Gasteiger partial charge in [-0.1, -0.05) is 0 Å². The molecule has 0 saturated carbocycles. The lowest BCUT2D eigenvalue weighted by Gasteiger charge is -2.33. The van der Waals surface area contributed by atoms with Gasteiger partial charge in [-0.15, -0.1) is 0 Å². The highest BCUT2D eigenvalue weighted by molar-refractivity contribution is 5.93. The minimum Gasteiger partial charge on any atom is -0.339 e. The summed E-state index contributed by atoms with van der Waals surface area (Å²) in [6.45, 7) is 3.64. The van der Waals surface area contributed by atoms with Gasteiger partial charge in [-0.05, 0) is 25.7 Å². The van der Waals surface area contributed by atoms with Gasteiger partial charge >= 0.3 is 0 Å². The molecule has 5 nitrogen and oxygen atoms in total. The van der Waals surface area contributed by atoms with Gasteiger partial charge in [-0.3, -0.25) is 9.89 Å². The molecule has 2 rings (SSSR count). The smallest absolute Gasteiger partial charge is 0.257 e. The number of nitrogens with zero attached hydrogens (tertiary/aromatic N) is 2. The first-order valence-electron chi connectivity index (χ1n) is 5.72. The third-order valence-electron chi connectivity index (χ3n) is 3.32. The highest BCUT2D eigenvalue weighted by Gasteiger charge is 2.25. The highest BCUT2D eigenvalue weighted by atomic mass is 16.2. The van der Waals surface area contributed by atoms with Gasteiger partial charge in [-0.2, -0.15) is 5.10 Å². The maximum Gasteiger partial charge on any atom is 0.257 e. The minimum atomic E-state index is 0.0666. The molecule has 88 valence electrons. The third-order valence-corrected chi connectivity index (χ3v) is 3.32. The molecule has 0 aromatic carbocycles. The molecule has 1 aliphatic heterocycles. The molecular formula is C11H18N4O. The first-order chi connectivity index (χ1) is 7.68. The van der Waals surface area contributed by atoms with Crippen molar-refractivity contribution in [3.8, 4) is 0 Å². The monoisotopic (exact) mass is 222 g/mol. The molecule has 1 fully saturated rings. The molecule has 16 heavy (non-hydrogen) atoms. The molecular weight excluding hydrogens is 204 g/mol. The van der Waals surface area contributed by atoms with Crippen molar-refractivity contribution in [3.63, 3.8) is 0 Å². The summed E-state index contributed by atoms with van der Waals surface area (Å²) >= 11 is 0. The summed E-state index contributed by atoms with van der Waals surface area (Å²) < 4.78 is 0. The number of nitrogens with one attached hydrogen (secondary N) is 1. The zero-order valence-electron chi connectivity index (χ0n) is 9.52. The summed E-state index contributed by atoms with van der Waals surface area (Å²) in [6.07, 6.45) is 5.21. The van der Waals surface area contributed by atoms with Crippen LogP contribution in [-0.4, -0.2) is 40.1 Å². The Morgan fingerprint density at radius 3 is 2.81 bits per heavy atom. The normalized spacial score (nSPS) is 19.8. The largest absolute Gasteiger partial charge is 0.339 e. The second-order valence-electron chi connectivity index (χ2n) is 4.48. The van der Waals surface area contributed by atoms with Gasteiger partial charge < -0.3 is 10.6 Å². The Morgan fingerprint density at radius 1 is 1.62 bits per heavy atom. The molecule has 1 amide bonds. The Morgan fingerprint density at radius 2 is 2.31 bits per heavy atom. The Kier molecular flexibility index (Phi) is 3.24. The van der Waals surface area contributed by atoms with Crippen LogP contribution in [0.25, 0.3) is 0 Å². The van der Waals surface area contributed by atoms with E-state index in [2.05, 4.69) is 10.2 Å². The third kappa shape index (κ3) is 2.24. The number of rotatable bonds is 2. The van der Waals surface area contributed by atoms with Crippen LogP contribution in [0.4, 0.5) is 0 Å². The Balaban J connectivity index is 1.92. The maximum absolute atomic E-state index is 12.0. The molecule has 1 saturated heterocycles. The fourth-order valence-electron chi connectivity index (χ4n) is 2.18. The summed E-state index contributed by atoms with van der Waals surface area (Å²) in [5, 5.41) is 6.45. The van der Waals surface area contributed by atoms with Gasteiger partial charge in [0.1, 0.15) is 0 Å². The molecule has 1 unspecified atom stereocenters. The van der Waals surface area contributed by atoms with Crippen LogP contribution in [0, 0.1) is 5.92 Å². The van der Waals surface area contributed by atoms with Gasteiger partial charge in [-0.25, -0.2) is 0 Å². The van der Waals surface area contributed by atoms with E-state index in [1.54, 1.807) is 12.4 Å². The average molecular weight is 222 g/mol. The molecule has 1 aromatic heterocycles. The predicted molar refractivity (Wildman–Crippen MR) is 60.9 cm³/mol. The second-order valence-corrected chi connectivity index (χ2v) is 4.48. The van der Waals surface area contributed by atoms with Crippen LogP contribution in [0.1, 0.15) is 30.1 Å². The van der Waals surface area contributed by atoms with Crippen LogP contribution in [0.15, 0.2) is 12.4 Å². The number of carbonyl (C=O) groups is 1. The van der Waals surface area contributed by atoms with Crippen LogP contribution in [-0.2, 0) is 0 Å². The lowest BCUT2D eigenvalue weighted by atomic mass is 9.91. The zero-order valence-corrected chi connectivity index (χ0v) is 9.52. The van der Waals surface area contributed by atoms with E-state index in [-0.39, 0.29) is 11.9 Å². The van der Waals surface area contributed by atoms with Crippen LogP contribution in [0.3, 0.4) is 0 Å². The van der Waals surface area contributed by atoms with E-state index in [4.69, 9.17) is 5.73 Å². The van der Waals surface area contributed by atoms with Crippen molar-refractivity contribution in [2.24, 2.45) is 11.7 Å². The number of amides is 1. The minimum absolute atomic E-state index is 0.0666. The van der Waals surface area contributed by atoms with Crippen LogP contribution in [0.5, 0.6) is 0 Å². The van der Waals surface area contributed by atoms with Crippen molar-refractivity contribution in [1.82, 2.24) is 15.1 Å². The van der Waals surface area contributed by atoms with Crippen molar-refractivity contribution in [3.05, 3.63) is 18.0 Å². The van der Waals surface area contributed by atoms with E-state index >= 15 is 0 Å². The summed E-state index contributed by atoms with van der Waals surface area (Å²) in [6, 6.07) is 0.228. The van der Waals surface area contributed by atoms with Crippen LogP contribution >= 0.6 is 0 Å². The molecule has 0 aliphatic carbocycles. The van der Waals surface area contributed by atoms with Crippen molar-refractivity contribution >= 4 is 5.91 Å². The molecule has 1 aromatic rings.